The number of nitrogens with one attached hydrogen (secondary N) is 2. The van der Waals surface area contributed by atoms with Gasteiger partial charge in [0.15, 0.2) is 6.10 Å². The molecule has 1 atom stereocenters. The van der Waals surface area contributed by atoms with Gasteiger partial charge in [-0.15, -0.1) is 0 Å². The van der Waals surface area contributed by atoms with Crippen molar-refractivity contribution in [2.24, 2.45) is 0 Å². The molecule has 0 aliphatic heterocycles. The van der Waals surface area contributed by atoms with Crippen LogP contribution in [0, 0.1) is 0 Å². The van der Waals surface area contributed by atoms with E-state index in [4.69, 9.17) is 14.9 Å². The Kier molecular flexibility index (Phi) is 6.52. The zero-order valence-corrected chi connectivity index (χ0v) is 10.3. The summed E-state index contributed by atoms with van der Waals surface area (Å²) in [5.74, 6) is -1.38. The number of urea groups is 1. The molecule has 7 nitrogen and oxygen atoms in total. The van der Waals surface area contributed by atoms with Gasteiger partial charge in [-0.2, -0.15) is 0 Å². The number of hydrogen-bond acceptors (Lipinski definition) is 4. The van der Waals surface area contributed by atoms with Gasteiger partial charge in [0.25, 0.3) is 0 Å². The summed E-state index contributed by atoms with van der Waals surface area (Å²) in [6.07, 6.45) is -1.60. The number of hydrogen-bond donors (Lipinski definition) is 4. The van der Waals surface area contributed by atoms with Crippen molar-refractivity contribution in [1.82, 2.24) is 10.6 Å². The summed E-state index contributed by atoms with van der Waals surface area (Å²) in [6, 6.07) is -0.543. The van der Waals surface area contributed by atoms with E-state index in [1.54, 1.807) is 0 Å². The number of carbonyl (C=O) groups is 2. The average molecular weight is 248 g/mol. The molecule has 0 aromatic rings. The fraction of sp³-hybridized carbons (Fsp3) is 0.800. The lowest BCUT2D eigenvalue weighted by molar-refractivity contribution is -0.146. The van der Waals surface area contributed by atoms with Crippen LogP contribution in [0.3, 0.4) is 0 Å². The summed E-state index contributed by atoms with van der Waals surface area (Å²) in [5.41, 5.74) is -0.489. The highest BCUT2D eigenvalue weighted by atomic mass is 16.5. The summed E-state index contributed by atoms with van der Waals surface area (Å²) in [6.45, 7) is 5.98. The summed E-state index contributed by atoms with van der Waals surface area (Å²) in [4.78, 5) is 21.5. The van der Waals surface area contributed by atoms with Crippen molar-refractivity contribution in [3.05, 3.63) is 0 Å². The summed E-state index contributed by atoms with van der Waals surface area (Å²) >= 11 is 0. The molecule has 2 amide bonds. The molecule has 0 spiro atoms. The molecular formula is C10H20N2O5. The minimum Gasteiger partial charge on any atom is -0.479 e. The molecule has 0 saturated heterocycles. The maximum absolute atomic E-state index is 11.2. The van der Waals surface area contributed by atoms with Gasteiger partial charge >= 0.3 is 12.0 Å². The third kappa shape index (κ3) is 7.53. The number of carboxylic acid groups (broad SMARTS) is 1. The van der Waals surface area contributed by atoms with Gasteiger partial charge in [-0.3, -0.25) is 0 Å². The van der Waals surface area contributed by atoms with Gasteiger partial charge in [0.1, 0.15) is 0 Å². The lowest BCUT2D eigenvalue weighted by Crippen LogP contribution is -2.47. The van der Waals surface area contributed by atoms with Crippen LogP contribution in [0.2, 0.25) is 0 Å². The Morgan fingerprint density at radius 3 is 2.41 bits per heavy atom. The van der Waals surface area contributed by atoms with Gasteiger partial charge in [-0.05, 0) is 20.8 Å². The first-order valence-electron chi connectivity index (χ1n) is 5.35. The van der Waals surface area contributed by atoms with E-state index in [-0.39, 0.29) is 13.1 Å². The molecule has 0 saturated carbocycles. The number of ether oxygens (including phenoxy) is 1. The molecule has 7 heteroatoms. The Morgan fingerprint density at radius 2 is 1.94 bits per heavy atom. The fourth-order valence-corrected chi connectivity index (χ4v) is 1.07. The number of amides is 2. The van der Waals surface area contributed by atoms with Gasteiger partial charge < -0.3 is 25.6 Å². The second-order valence-corrected chi connectivity index (χ2v) is 4.11. The molecule has 0 aliphatic carbocycles. The summed E-state index contributed by atoms with van der Waals surface area (Å²) in [5, 5.41) is 22.1. The van der Waals surface area contributed by atoms with E-state index in [0.717, 1.165) is 0 Å². The molecule has 0 fully saturated rings. The van der Waals surface area contributed by atoms with E-state index in [2.05, 4.69) is 10.6 Å². The number of aliphatic carboxylic acids is 1. The molecule has 0 aliphatic rings. The van der Waals surface area contributed by atoms with Crippen LogP contribution in [-0.4, -0.2) is 53.6 Å². The van der Waals surface area contributed by atoms with E-state index in [9.17, 15) is 9.59 Å². The Balaban J connectivity index is 3.84. The molecule has 0 heterocycles. The Labute approximate surface area is 100 Å². The molecule has 0 aromatic heterocycles. The van der Waals surface area contributed by atoms with Crippen LogP contribution in [0.4, 0.5) is 4.79 Å². The van der Waals surface area contributed by atoms with Crippen LogP contribution in [0.1, 0.15) is 20.8 Å². The molecule has 0 unspecified atom stereocenters. The molecule has 0 bridgehead atoms. The Hall–Kier alpha value is -1.34. The van der Waals surface area contributed by atoms with E-state index in [1.165, 1.54) is 0 Å². The summed E-state index contributed by atoms with van der Waals surface area (Å²) < 4.78 is 5.36. The molecule has 100 valence electrons. The molecule has 0 rings (SSSR count). The van der Waals surface area contributed by atoms with Crippen LogP contribution in [0.15, 0.2) is 0 Å². The molecule has 4 N–H and O–H groups in total. The van der Waals surface area contributed by atoms with E-state index in [1.807, 2.05) is 20.8 Å². The zero-order valence-electron chi connectivity index (χ0n) is 10.3. The highest BCUT2D eigenvalue weighted by molar-refractivity contribution is 5.76. The third-order valence-electron chi connectivity index (χ3n) is 1.95. The molecular weight excluding hydrogens is 228 g/mol. The van der Waals surface area contributed by atoms with Crippen LogP contribution in [-0.2, 0) is 9.53 Å². The first kappa shape index (κ1) is 15.7. The largest absolute Gasteiger partial charge is 0.479 e. The van der Waals surface area contributed by atoms with Crippen molar-refractivity contribution in [2.75, 3.05) is 19.7 Å². The van der Waals surface area contributed by atoms with Crippen molar-refractivity contribution in [1.29, 1.82) is 0 Å². The van der Waals surface area contributed by atoms with Crippen LogP contribution >= 0.6 is 0 Å². The van der Waals surface area contributed by atoms with Crippen LogP contribution in [0.5, 0.6) is 0 Å². The van der Waals surface area contributed by atoms with E-state index in [0.29, 0.717) is 6.61 Å². The predicted molar refractivity (Wildman–Crippen MR) is 60.7 cm³/mol. The van der Waals surface area contributed by atoms with E-state index >= 15 is 0 Å². The predicted octanol–water partition coefficient (Wildman–Crippen LogP) is -0.454. The van der Waals surface area contributed by atoms with Crippen molar-refractivity contribution >= 4 is 12.0 Å². The summed E-state index contributed by atoms with van der Waals surface area (Å²) in [7, 11) is 0. The highest BCUT2D eigenvalue weighted by Crippen LogP contribution is 2.06. The molecule has 17 heavy (non-hydrogen) atoms. The van der Waals surface area contributed by atoms with Gasteiger partial charge in [-0.25, -0.2) is 9.59 Å². The maximum Gasteiger partial charge on any atom is 0.334 e. The lowest BCUT2D eigenvalue weighted by atomic mass is 10.1. The van der Waals surface area contributed by atoms with Gasteiger partial charge in [0.05, 0.1) is 12.1 Å². The smallest absolute Gasteiger partial charge is 0.334 e. The molecule has 0 aromatic carbocycles. The molecule has 0 radical (unpaired) electrons. The lowest BCUT2D eigenvalue weighted by Gasteiger charge is -2.24. The van der Waals surface area contributed by atoms with Crippen molar-refractivity contribution < 1.29 is 24.5 Å². The minimum atomic E-state index is -1.60. The monoisotopic (exact) mass is 248 g/mol. The zero-order chi connectivity index (χ0) is 13.5. The second-order valence-electron chi connectivity index (χ2n) is 4.11. The van der Waals surface area contributed by atoms with Crippen LogP contribution < -0.4 is 10.6 Å². The standard InChI is InChI=1S/C10H20N2O5/c1-4-17-10(2,3)6-12-9(16)11-5-7(13)8(14)15/h7,13H,4-6H2,1-3H3,(H,14,15)(H2,11,12,16)/t7-/m0/s1. The van der Waals surface area contributed by atoms with Crippen molar-refractivity contribution in [2.45, 2.75) is 32.5 Å². The topological polar surface area (TPSA) is 108 Å². The Morgan fingerprint density at radius 1 is 1.35 bits per heavy atom. The SMILES string of the molecule is CCOC(C)(C)CNC(=O)NC[C@H](O)C(=O)O. The normalized spacial score (nSPS) is 12.9. The number of aliphatic hydroxyl groups excluding tert-OH is 1. The minimum absolute atomic E-state index is 0.288. The fourth-order valence-electron chi connectivity index (χ4n) is 1.07. The highest BCUT2D eigenvalue weighted by Gasteiger charge is 2.19. The quantitative estimate of drug-likeness (QED) is 0.488. The number of aliphatic hydroxyl groups is 1. The first-order chi connectivity index (χ1) is 7.78. The second kappa shape index (κ2) is 7.08. The average Bonchev–Trinajstić information content (AvgIpc) is 2.22. The number of carbonyl (C=O) groups excluding carboxylic acids is 1. The Bertz CT molecular complexity index is 267. The van der Waals surface area contributed by atoms with Gasteiger partial charge in [-0.1, -0.05) is 0 Å². The third-order valence-corrected chi connectivity index (χ3v) is 1.95. The van der Waals surface area contributed by atoms with Crippen LogP contribution in [0.25, 0.3) is 0 Å². The number of carboxylic acids is 1. The van der Waals surface area contributed by atoms with Gasteiger partial charge in [0, 0.05) is 13.2 Å². The van der Waals surface area contributed by atoms with Crippen molar-refractivity contribution in [3.8, 4) is 0 Å². The van der Waals surface area contributed by atoms with Crippen molar-refractivity contribution in [3.63, 3.8) is 0 Å². The maximum atomic E-state index is 11.2. The van der Waals surface area contributed by atoms with Gasteiger partial charge in [0.2, 0.25) is 0 Å². The van der Waals surface area contributed by atoms with E-state index < -0.39 is 23.7 Å². The number of rotatable bonds is 7. The first-order valence-corrected chi connectivity index (χ1v) is 5.35.